The number of hydrogen-bond donors (Lipinski definition) is 4. The van der Waals surface area contributed by atoms with E-state index in [-0.39, 0.29) is 45.9 Å². The van der Waals surface area contributed by atoms with Gasteiger partial charge in [0.2, 0.25) is 0 Å². The van der Waals surface area contributed by atoms with Crippen LogP contribution in [0.1, 0.15) is 17.3 Å². The van der Waals surface area contributed by atoms with Crippen molar-refractivity contribution in [2.24, 2.45) is 0 Å². The van der Waals surface area contributed by atoms with Crippen LogP contribution in [0.15, 0.2) is 35.2 Å². The van der Waals surface area contributed by atoms with E-state index >= 15 is 0 Å². The van der Waals surface area contributed by atoms with Crippen LogP contribution in [0.25, 0.3) is 33.4 Å². The Morgan fingerprint density at radius 2 is 2.06 bits per heavy atom. The van der Waals surface area contributed by atoms with Crippen LogP contribution in [0.5, 0.6) is 0 Å². The first-order valence-corrected chi connectivity index (χ1v) is 11.2. The lowest BCUT2D eigenvalue weighted by molar-refractivity contribution is 0.0527. The number of nitrogen functional groups attached to an aromatic ring is 2. The highest BCUT2D eigenvalue weighted by Gasteiger charge is 2.25. The minimum atomic E-state index is -4.69. The molecule has 0 saturated heterocycles. The summed E-state index contributed by atoms with van der Waals surface area (Å²) in [5, 5.41) is 7.85. The zero-order valence-electron chi connectivity index (χ0n) is 17.5. The van der Waals surface area contributed by atoms with Crippen molar-refractivity contribution in [3.63, 3.8) is 0 Å². The second-order valence-corrected chi connectivity index (χ2v) is 8.15. The lowest BCUT2D eigenvalue weighted by Crippen LogP contribution is -2.10. The number of esters is 1. The first-order chi connectivity index (χ1) is 16.1. The van der Waals surface area contributed by atoms with Gasteiger partial charge in [-0.15, -0.1) is 0 Å². The van der Waals surface area contributed by atoms with E-state index in [9.17, 15) is 13.8 Å². The van der Waals surface area contributed by atoms with Crippen molar-refractivity contribution in [3.8, 4) is 22.4 Å². The third-order valence-electron chi connectivity index (χ3n) is 4.75. The first-order valence-electron chi connectivity index (χ1n) is 9.63. The number of pyridine rings is 1. The van der Waals surface area contributed by atoms with E-state index in [1.165, 1.54) is 24.7 Å². The molecule has 0 unspecified atom stereocenters. The number of carbonyl (C=O) groups is 1. The molecule has 0 aliphatic heterocycles. The standard InChI is InChI=1S/C19H18FN6O7P/c1-2-31-19(27)10-3-4-12(20)13(15(10)21)16-14-17(33-25-18(14)22)11(6-23-16)9-5-24-26(7-9)8-32-34(28,29)30/h3-7H,2,8,21H2,1H3,(H2,22,25)(H2,28,29,30). The van der Waals surface area contributed by atoms with Crippen molar-refractivity contribution < 1.29 is 37.3 Å². The van der Waals surface area contributed by atoms with Crippen molar-refractivity contribution in [2.75, 3.05) is 18.1 Å². The SMILES string of the molecule is CCOC(=O)c1ccc(F)c(-c2ncc(-c3cnn(COP(=O)(O)O)c3)c3onc(N)c23)c1N. The van der Waals surface area contributed by atoms with E-state index in [0.717, 1.165) is 10.7 Å². The minimum Gasteiger partial charge on any atom is -0.462 e. The number of nitrogens with two attached hydrogens (primary N) is 2. The predicted molar refractivity (Wildman–Crippen MR) is 116 cm³/mol. The molecule has 0 spiro atoms. The van der Waals surface area contributed by atoms with E-state index in [1.54, 1.807) is 6.92 Å². The summed E-state index contributed by atoms with van der Waals surface area (Å²) >= 11 is 0. The van der Waals surface area contributed by atoms with E-state index < -0.39 is 26.3 Å². The van der Waals surface area contributed by atoms with Gasteiger partial charge in [-0.05, 0) is 19.1 Å². The number of halogens is 1. The fourth-order valence-corrected chi connectivity index (χ4v) is 3.56. The summed E-state index contributed by atoms with van der Waals surface area (Å²) in [4.78, 5) is 34.2. The van der Waals surface area contributed by atoms with Crippen molar-refractivity contribution >= 4 is 36.3 Å². The van der Waals surface area contributed by atoms with Crippen molar-refractivity contribution in [1.29, 1.82) is 0 Å². The van der Waals surface area contributed by atoms with Gasteiger partial charge < -0.3 is 30.5 Å². The van der Waals surface area contributed by atoms with Crippen molar-refractivity contribution in [2.45, 2.75) is 13.7 Å². The Bertz CT molecular complexity index is 1450. The zero-order valence-corrected chi connectivity index (χ0v) is 18.4. The number of anilines is 2. The van der Waals surface area contributed by atoms with Gasteiger partial charge in [-0.1, -0.05) is 5.16 Å². The Labute approximate surface area is 190 Å². The number of benzene rings is 1. The van der Waals surface area contributed by atoms with Gasteiger partial charge in [-0.3, -0.25) is 9.51 Å². The molecule has 0 saturated carbocycles. The molecular weight excluding hydrogens is 474 g/mol. The van der Waals surface area contributed by atoms with E-state index in [2.05, 4.69) is 19.8 Å². The second kappa shape index (κ2) is 8.83. The number of phosphoric ester groups is 1. The summed E-state index contributed by atoms with van der Waals surface area (Å²) in [7, 11) is -4.69. The molecule has 15 heteroatoms. The molecular formula is C19H18FN6O7P. The fraction of sp³-hybridized carbons (Fsp3) is 0.158. The molecule has 178 valence electrons. The molecule has 3 heterocycles. The number of hydrogen-bond acceptors (Lipinski definition) is 10. The van der Waals surface area contributed by atoms with Gasteiger partial charge in [0.1, 0.15) is 5.82 Å². The summed E-state index contributed by atoms with van der Waals surface area (Å²) in [5.74, 6) is -1.58. The molecule has 4 rings (SSSR count). The molecule has 34 heavy (non-hydrogen) atoms. The summed E-state index contributed by atoms with van der Waals surface area (Å²) in [5.41, 5.74) is 12.6. The Balaban J connectivity index is 1.83. The second-order valence-electron chi connectivity index (χ2n) is 6.91. The molecule has 0 aliphatic carbocycles. The maximum Gasteiger partial charge on any atom is 0.471 e. The maximum atomic E-state index is 14.9. The van der Waals surface area contributed by atoms with Crippen molar-refractivity contribution in [1.82, 2.24) is 19.9 Å². The highest BCUT2D eigenvalue weighted by atomic mass is 31.2. The molecule has 4 aromatic rings. The van der Waals surface area contributed by atoms with Crippen LogP contribution in [0.4, 0.5) is 15.9 Å². The normalized spacial score (nSPS) is 11.8. The van der Waals surface area contributed by atoms with Crippen LogP contribution >= 0.6 is 7.82 Å². The van der Waals surface area contributed by atoms with E-state index in [4.69, 9.17) is 30.5 Å². The van der Waals surface area contributed by atoms with E-state index in [1.807, 2.05) is 0 Å². The number of phosphoric acid groups is 1. The first kappa shape index (κ1) is 23.3. The van der Waals surface area contributed by atoms with Gasteiger partial charge in [0.05, 0.1) is 40.7 Å². The number of nitrogens with zero attached hydrogens (tertiary/aromatic N) is 4. The number of ether oxygens (including phenoxy) is 1. The smallest absolute Gasteiger partial charge is 0.462 e. The Hall–Kier alpha value is -3.84. The number of aromatic nitrogens is 4. The van der Waals surface area contributed by atoms with Gasteiger partial charge in [-0.2, -0.15) is 5.10 Å². The highest BCUT2D eigenvalue weighted by molar-refractivity contribution is 7.46. The topological polar surface area (TPSA) is 202 Å². The number of carbonyl (C=O) groups excluding carboxylic acids is 1. The molecule has 0 bridgehead atoms. The van der Waals surface area contributed by atoms with Crippen LogP contribution in [0, 0.1) is 5.82 Å². The van der Waals surface area contributed by atoms with Crippen molar-refractivity contribution in [3.05, 3.63) is 42.1 Å². The molecule has 0 atom stereocenters. The Kier molecular flexibility index (Phi) is 6.06. The molecule has 6 N–H and O–H groups in total. The molecule has 0 fully saturated rings. The van der Waals surface area contributed by atoms with Crippen LogP contribution in [-0.4, -0.2) is 42.3 Å². The Morgan fingerprint density at radius 3 is 2.76 bits per heavy atom. The molecule has 3 aromatic heterocycles. The summed E-state index contributed by atoms with van der Waals surface area (Å²) in [6.45, 7) is 1.22. The third kappa shape index (κ3) is 4.34. The highest BCUT2D eigenvalue weighted by Crippen LogP contribution is 2.41. The van der Waals surface area contributed by atoms with E-state index in [0.29, 0.717) is 11.1 Å². The molecule has 13 nitrogen and oxygen atoms in total. The monoisotopic (exact) mass is 492 g/mol. The van der Waals surface area contributed by atoms with Crippen LogP contribution in [-0.2, 0) is 20.6 Å². The quantitative estimate of drug-likeness (QED) is 0.167. The predicted octanol–water partition coefficient (Wildman–Crippen LogP) is 2.30. The lowest BCUT2D eigenvalue weighted by atomic mass is 9.99. The van der Waals surface area contributed by atoms with Gasteiger partial charge >= 0.3 is 13.8 Å². The number of rotatable bonds is 7. The van der Waals surface area contributed by atoms with Crippen LogP contribution in [0.2, 0.25) is 0 Å². The number of fused-ring (bicyclic) bond motifs is 1. The van der Waals surface area contributed by atoms with Crippen LogP contribution in [0.3, 0.4) is 0 Å². The van der Waals surface area contributed by atoms with Gasteiger partial charge in [0, 0.05) is 23.5 Å². The van der Waals surface area contributed by atoms with Crippen LogP contribution < -0.4 is 11.5 Å². The molecule has 0 aliphatic rings. The average molecular weight is 492 g/mol. The van der Waals surface area contributed by atoms with Gasteiger partial charge in [0.15, 0.2) is 18.1 Å². The largest absolute Gasteiger partial charge is 0.471 e. The average Bonchev–Trinajstić information content (AvgIpc) is 3.39. The molecule has 0 amide bonds. The summed E-state index contributed by atoms with van der Waals surface area (Å²) in [6.07, 6.45) is 4.12. The zero-order chi connectivity index (χ0) is 24.6. The maximum absolute atomic E-state index is 14.9. The summed E-state index contributed by atoms with van der Waals surface area (Å²) in [6, 6.07) is 2.27. The van der Waals surface area contributed by atoms with Gasteiger partial charge in [0.25, 0.3) is 0 Å². The minimum absolute atomic E-state index is 0.00382. The Morgan fingerprint density at radius 1 is 1.29 bits per heavy atom. The summed E-state index contributed by atoms with van der Waals surface area (Å²) < 4.78 is 41.7. The molecule has 0 radical (unpaired) electrons. The lowest BCUT2D eigenvalue weighted by Gasteiger charge is -2.12. The van der Waals surface area contributed by atoms with Gasteiger partial charge in [-0.25, -0.2) is 18.4 Å². The third-order valence-corrected chi connectivity index (χ3v) is 5.20. The fourth-order valence-electron chi connectivity index (χ4n) is 3.29. The molecule has 1 aromatic carbocycles.